The molecule has 0 radical (unpaired) electrons. The Labute approximate surface area is 138 Å². The van der Waals surface area contributed by atoms with Crippen molar-refractivity contribution in [2.45, 2.75) is 6.92 Å². The molecule has 3 rings (SSSR count). The fourth-order valence-corrected chi connectivity index (χ4v) is 2.50. The molecule has 0 atom stereocenters. The molecular formula is C18H15N3O3. The molecule has 2 aromatic carbocycles. The fourth-order valence-electron chi connectivity index (χ4n) is 2.50. The van der Waals surface area contributed by atoms with Gasteiger partial charge in [-0.25, -0.2) is 0 Å². The van der Waals surface area contributed by atoms with Gasteiger partial charge in [-0.2, -0.15) is 0 Å². The third-order valence-corrected chi connectivity index (χ3v) is 3.57. The zero-order valence-electron chi connectivity index (χ0n) is 12.9. The molecular weight excluding hydrogens is 306 g/mol. The zero-order chi connectivity index (χ0) is 17.1. The Hall–Kier alpha value is -3.41. The van der Waals surface area contributed by atoms with Crippen LogP contribution < -0.4 is 5.32 Å². The number of aromatic amines is 1. The molecule has 0 saturated carbocycles. The number of fused-ring (bicyclic) bond motifs is 1. The number of nitrogens with one attached hydrogen (secondary N) is 2. The summed E-state index contributed by atoms with van der Waals surface area (Å²) in [6, 6.07) is 13.8. The van der Waals surface area contributed by atoms with Crippen LogP contribution in [-0.2, 0) is 4.79 Å². The molecule has 24 heavy (non-hydrogen) atoms. The minimum atomic E-state index is -0.472. The summed E-state index contributed by atoms with van der Waals surface area (Å²) < 4.78 is 0. The number of aryl methyl sites for hydroxylation is 1. The maximum absolute atomic E-state index is 12.0. The van der Waals surface area contributed by atoms with Gasteiger partial charge in [0.25, 0.3) is 5.69 Å². The van der Waals surface area contributed by atoms with Gasteiger partial charge in [0.2, 0.25) is 5.91 Å². The minimum Gasteiger partial charge on any atom is -0.359 e. The molecule has 0 unspecified atom stereocenters. The highest BCUT2D eigenvalue weighted by Crippen LogP contribution is 2.21. The lowest BCUT2D eigenvalue weighted by Crippen LogP contribution is -2.07. The van der Waals surface area contributed by atoms with E-state index >= 15 is 0 Å². The fraction of sp³-hybridized carbons (Fsp3) is 0.0556. The summed E-state index contributed by atoms with van der Waals surface area (Å²) in [5, 5.41) is 14.7. The molecule has 0 fully saturated rings. The molecule has 0 aliphatic heterocycles. The van der Waals surface area contributed by atoms with Crippen molar-refractivity contribution in [2.75, 3.05) is 5.32 Å². The van der Waals surface area contributed by atoms with E-state index in [0.717, 1.165) is 16.6 Å². The predicted molar refractivity (Wildman–Crippen MR) is 93.8 cm³/mol. The van der Waals surface area contributed by atoms with E-state index in [-0.39, 0.29) is 11.6 Å². The third kappa shape index (κ3) is 3.33. The summed E-state index contributed by atoms with van der Waals surface area (Å²) in [4.78, 5) is 25.7. The van der Waals surface area contributed by atoms with Crippen LogP contribution in [-0.4, -0.2) is 15.8 Å². The topological polar surface area (TPSA) is 88.0 Å². The second-order valence-electron chi connectivity index (χ2n) is 5.39. The molecule has 2 N–H and O–H groups in total. The van der Waals surface area contributed by atoms with Crippen LogP contribution in [0.3, 0.4) is 0 Å². The molecule has 0 aliphatic carbocycles. The van der Waals surface area contributed by atoms with Gasteiger partial charge >= 0.3 is 0 Å². The van der Waals surface area contributed by atoms with Crippen LogP contribution in [0.1, 0.15) is 11.3 Å². The van der Waals surface area contributed by atoms with Crippen LogP contribution >= 0.6 is 0 Å². The maximum Gasteiger partial charge on any atom is 0.276 e. The lowest BCUT2D eigenvalue weighted by Gasteiger charge is -2.02. The Balaban J connectivity index is 1.76. The average molecular weight is 321 g/mol. The second-order valence-corrected chi connectivity index (χ2v) is 5.39. The third-order valence-electron chi connectivity index (χ3n) is 3.57. The number of anilines is 1. The van der Waals surface area contributed by atoms with Crippen molar-refractivity contribution in [2.24, 2.45) is 0 Å². The summed E-state index contributed by atoms with van der Waals surface area (Å²) in [5.74, 6) is -0.347. The summed E-state index contributed by atoms with van der Waals surface area (Å²) in [5.41, 5.74) is 3.06. The maximum atomic E-state index is 12.0. The number of aromatic nitrogens is 1. The number of hydrogen-bond donors (Lipinski definition) is 2. The first-order chi connectivity index (χ1) is 11.5. The lowest BCUT2D eigenvalue weighted by atomic mass is 10.1. The number of nitrogens with zero attached hydrogens (tertiary/aromatic N) is 1. The molecule has 0 bridgehead atoms. The van der Waals surface area contributed by atoms with Crippen molar-refractivity contribution in [3.05, 3.63) is 76.0 Å². The van der Waals surface area contributed by atoms with Crippen molar-refractivity contribution in [1.29, 1.82) is 0 Å². The van der Waals surface area contributed by atoms with E-state index < -0.39 is 4.92 Å². The van der Waals surface area contributed by atoms with Gasteiger partial charge in [-0.15, -0.1) is 0 Å². The van der Waals surface area contributed by atoms with Crippen molar-refractivity contribution in [1.82, 2.24) is 4.98 Å². The molecule has 3 aromatic rings. The monoisotopic (exact) mass is 321 g/mol. The van der Waals surface area contributed by atoms with Crippen LogP contribution in [0, 0.1) is 17.0 Å². The Kier molecular flexibility index (Phi) is 4.11. The summed E-state index contributed by atoms with van der Waals surface area (Å²) >= 11 is 0. The van der Waals surface area contributed by atoms with Crippen LogP contribution in [0.15, 0.2) is 54.6 Å². The standard InChI is InChI=1S/C18H15N3O3/c1-12-10-14-11-15(7-8-16(14)19-12)20-18(22)9-6-13-4-2-3-5-17(13)21(23)24/h2-11,19H,1H3,(H,20,22). The van der Waals surface area contributed by atoms with Gasteiger partial charge in [0.15, 0.2) is 0 Å². The highest BCUT2D eigenvalue weighted by atomic mass is 16.6. The summed E-state index contributed by atoms with van der Waals surface area (Å²) in [6.07, 6.45) is 2.72. The Morgan fingerprint density at radius 3 is 2.79 bits per heavy atom. The van der Waals surface area contributed by atoms with Crippen molar-refractivity contribution >= 4 is 34.3 Å². The van der Waals surface area contributed by atoms with E-state index in [0.29, 0.717) is 11.3 Å². The molecule has 1 heterocycles. The number of para-hydroxylation sites is 1. The van der Waals surface area contributed by atoms with Crippen molar-refractivity contribution < 1.29 is 9.72 Å². The van der Waals surface area contributed by atoms with E-state index in [4.69, 9.17) is 0 Å². The van der Waals surface area contributed by atoms with E-state index in [2.05, 4.69) is 10.3 Å². The molecule has 6 heteroatoms. The average Bonchev–Trinajstić information content (AvgIpc) is 2.92. The smallest absolute Gasteiger partial charge is 0.276 e. The normalized spacial score (nSPS) is 11.0. The molecule has 120 valence electrons. The number of carbonyl (C=O) groups is 1. The molecule has 0 spiro atoms. The SMILES string of the molecule is Cc1cc2cc(NC(=O)C=Cc3ccccc3[N+](=O)[O-])ccc2[nH]1. The first-order valence-corrected chi connectivity index (χ1v) is 7.35. The van der Waals surface area contributed by atoms with Crippen LogP contribution in [0.4, 0.5) is 11.4 Å². The van der Waals surface area contributed by atoms with Gasteiger partial charge in [-0.05, 0) is 43.3 Å². The van der Waals surface area contributed by atoms with E-state index in [9.17, 15) is 14.9 Å². The van der Waals surface area contributed by atoms with Gasteiger partial charge in [-0.3, -0.25) is 14.9 Å². The van der Waals surface area contributed by atoms with Gasteiger partial charge < -0.3 is 10.3 Å². The zero-order valence-corrected chi connectivity index (χ0v) is 12.9. The number of H-pyrrole nitrogens is 1. The van der Waals surface area contributed by atoms with Crippen molar-refractivity contribution in [3.63, 3.8) is 0 Å². The highest BCUT2D eigenvalue weighted by Gasteiger charge is 2.09. The lowest BCUT2D eigenvalue weighted by molar-refractivity contribution is -0.385. The first kappa shape index (κ1) is 15.5. The van der Waals surface area contributed by atoms with Gasteiger partial charge in [0.05, 0.1) is 10.5 Å². The highest BCUT2D eigenvalue weighted by molar-refractivity contribution is 6.03. The Morgan fingerprint density at radius 1 is 1.21 bits per heavy atom. The van der Waals surface area contributed by atoms with Crippen LogP contribution in [0.25, 0.3) is 17.0 Å². The minimum absolute atomic E-state index is 0.0363. The molecule has 1 aromatic heterocycles. The number of rotatable bonds is 4. The van der Waals surface area contributed by atoms with E-state index in [1.807, 2.05) is 25.1 Å². The number of benzene rings is 2. The van der Waals surface area contributed by atoms with Crippen LogP contribution in [0.5, 0.6) is 0 Å². The quantitative estimate of drug-likeness (QED) is 0.432. The Morgan fingerprint density at radius 2 is 2.00 bits per heavy atom. The number of hydrogen-bond acceptors (Lipinski definition) is 3. The van der Waals surface area contributed by atoms with Gasteiger partial charge in [0, 0.05) is 34.4 Å². The number of nitro benzene ring substituents is 1. The number of amides is 1. The largest absolute Gasteiger partial charge is 0.359 e. The summed E-state index contributed by atoms with van der Waals surface area (Å²) in [6.45, 7) is 1.97. The number of carbonyl (C=O) groups excluding carboxylic acids is 1. The predicted octanol–water partition coefficient (Wildman–Crippen LogP) is 4.04. The van der Waals surface area contributed by atoms with Gasteiger partial charge in [0.1, 0.15) is 0 Å². The molecule has 1 amide bonds. The van der Waals surface area contributed by atoms with E-state index in [1.165, 1.54) is 18.2 Å². The summed E-state index contributed by atoms with van der Waals surface area (Å²) in [7, 11) is 0. The molecule has 6 nitrogen and oxygen atoms in total. The van der Waals surface area contributed by atoms with Crippen LogP contribution in [0.2, 0.25) is 0 Å². The van der Waals surface area contributed by atoms with Gasteiger partial charge in [-0.1, -0.05) is 12.1 Å². The second kappa shape index (κ2) is 6.37. The molecule has 0 saturated heterocycles. The molecule has 0 aliphatic rings. The first-order valence-electron chi connectivity index (χ1n) is 7.35. The van der Waals surface area contributed by atoms with E-state index in [1.54, 1.807) is 24.3 Å². The Bertz CT molecular complexity index is 957. The number of nitro groups is 1. The van der Waals surface area contributed by atoms with Crippen molar-refractivity contribution in [3.8, 4) is 0 Å².